The summed E-state index contributed by atoms with van der Waals surface area (Å²) in [6.45, 7) is 5.69. The number of ether oxygens (including phenoxy) is 1. The van der Waals surface area contributed by atoms with Gasteiger partial charge in [0, 0.05) is 0 Å². The van der Waals surface area contributed by atoms with Gasteiger partial charge in [-0.1, -0.05) is 25.5 Å². The van der Waals surface area contributed by atoms with E-state index in [1.165, 1.54) is 13.8 Å². The fourth-order valence-corrected chi connectivity index (χ4v) is 2.55. The van der Waals surface area contributed by atoms with Crippen LogP contribution in [0.15, 0.2) is 58.8 Å². The highest BCUT2D eigenvalue weighted by atomic mass is 16.5. The Morgan fingerprint density at radius 3 is 1.85 bits per heavy atom. The van der Waals surface area contributed by atoms with Crippen LogP contribution in [0.25, 0.3) is 0 Å². The van der Waals surface area contributed by atoms with E-state index in [1.54, 1.807) is 24.3 Å². The van der Waals surface area contributed by atoms with Crippen LogP contribution in [0.1, 0.15) is 45.1 Å². The van der Waals surface area contributed by atoms with E-state index in [0.29, 0.717) is 17.9 Å². The lowest BCUT2D eigenvalue weighted by Crippen LogP contribution is -2.16. The van der Waals surface area contributed by atoms with E-state index in [4.69, 9.17) is 4.74 Å². The number of carbonyl (C=O) groups is 2. The van der Waals surface area contributed by atoms with Crippen molar-refractivity contribution in [1.82, 2.24) is 0 Å². The summed E-state index contributed by atoms with van der Waals surface area (Å²) in [5, 5.41) is 8.38. The molecular weight excluding hydrogens is 328 g/mol. The van der Waals surface area contributed by atoms with Gasteiger partial charge in [-0.05, 0) is 62.2 Å². The number of nitrogens with zero attached hydrogens (tertiary/aromatic N) is 2. The van der Waals surface area contributed by atoms with Crippen LogP contribution in [-0.2, 0) is 9.59 Å². The highest BCUT2D eigenvalue weighted by Crippen LogP contribution is 2.24. The number of rotatable bonds is 9. The number of hydrogen-bond acceptors (Lipinski definition) is 5. The smallest absolute Gasteiger partial charge is 0.144 e. The Kier molecular flexibility index (Phi) is 7.21. The van der Waals surface area contributed by atoms with Gasteiger partial charge in [0.25, 0.3) is 0 Å². The lowest BCUT2D eigenvalue weighted by molar-refractivity contribution is -0.126. The molecule has 0 saturated carbocycles. The third-order valence-electron chi connectivity index (χ3n) is 3.92. The minimum absolute atomic E-state index is 0.159. The van der Waals surface area contributed by atoms with Crippen LogP contribution in [0.2, 0.25) is 0 Å². The first kappa shape index (κ1) is 19.5. The first-order valence-electron chi connectivity index (χ1n) is 8.76. The summed E-state index contributed by atoms with van der Waals surface area (Å²) < 4.78 is 5.61. The van der Waals surface area contributed by atoms with E-state index < -0.39 is 5.92 Å². The molecule has 0 aliphatic carbocycles. The molecule has 5 heteroatoms. The molecule has 0 radical (unpaired) electrons. The second kappa shape index (κ2) is 9.61. The first-order chi connectivity index (χ1) is 12.5. The molecule has 0 aliphatic rings. The van der Waals surface area contributed by atoms with Gasteiger partial charge >= 0.3 is 0 Å². The maximum Gasteiger partial charge on any atom is 0.144 e. The summed E-state index contributed by atoms with van der Waals surface area (Å²) in [4.78, 5) is 23.2. The molecule has 136 valence electrons. The molecule has 2 rings (SSSR count). The topological polar surface area (TPSA) is 68.1 Å². The lowest BCUT2D eigenvalue weighted by Gasteiger charge is -2.10. The van der Waals surface area contributed by atoms with E-state index in [0.717, 1.165) is 24.3 Å². The van der Waals surface area contributed by atoms with Gasteiger partial charge in [-0.2, -0.15) is 10.2 Å². The van der Waals surface area contributed by atoms with Crippen LogP contribution in [-0.4, -0.2) is 18.2 Å². The van der Waals surface area contributed by atoms with E-state index in [-0.39, 0.29) is 11.6 Å². The maximum atomic E-state index is 11.6. The summed E-state index contributed by atoms with van der Waals surface area (Å²) in [6, 6.07) is 14.4. The van der Waals surface area contributed by atoms with Crippen LogP contribution in [0, 0.1) is 0 Å². The van der Waals surface area contributed by atoms with Crippen molar-refractivity contribution in [2.24, 2.45) is 10.2 Å². The highest BCUT2D eigenvalue weighted by Gasteiger charge is 2.21. The molecule has 0 unspecified atom stereocenters. The second-order valence-electron chi connectivity index (χ2n) is 6.14. The van der Waals surface area contributed by atoms with E-state index in [9.17, 15) is 9.59 Å². The molecule has 2 aromatic carbocycles. The summed E-state index contributed by atoms with van der Waals surface area (Å²) in [7, 11) is 0. The number of Topliss-reactive ketones (excluding diaryl/α,β-unsaturated/α-hetero) is 2. The van der Waals surface area contributed by atoms with Crippen LogP contribution in [0.5, 0.6) is 5.75 Å². The Morgan fingerprint density at radius 2 is 1.38 bits per heavy atom. The normalized spacial score (nSPS) is 11.1. The van der Waals surface area contributed by atoms with Crippen LogP contribution >= 0.6 is 0 Å². The Balaban J connectivity index is 2.02. The van der Waals surface area contributed by atoms with E-state index in [2.05, 4.69) is 17.2 Å². The Labute approximate surface area is 154 Å². The highest BCUT2D eigenvalue weighted by molar-refractivity contribution is 6.05. The Bertz CT molecular complexity index is 751. The summed E-state index contributed by atoms with van der Waals surface area (Å²) in [5.74, 6) is -0.205. The number of hydrogen-bond donors (Lipinski definition) is 0. The third-order valence-corrected chi connectivity index (χ3v) is 3.92. The van der Waals surface area contributed by atoms with Crippen molar-refractivity contribution >= 4 is 22.9 Å². The molecule has 0 bridgehead atoms. The number of unbranched alkanes of at least 4 members (excludes halogenated alkanes) is 1. The fraction of sp³-hybridized carbons (Fsp3) is 0.333. The van der Waals surface area contributed by atoms with Gasteiger partial charge in [0.1, 0.15) is 23.2 Å². The molecule has 0 N–H and O–H groups in total. The molecule has 0 saturated heterocycles. The molecule has 0 amide bonds. The van der Waals surface area contributed by atoms with E-state index in [1.807, 2.05) is 24.3 Å². The molecule has 0 fully saturated rings. The van der Waals surface area contributed by atoms with Crippen molar-refractivity contribution in [1.29, 1.82) is 0 Å². The number of carbonyl (C=O) groups excluding carboxylic acids is 2. The molecule has 0 aromatic heterocycles. The van der Waals surface area contributed by atoms with Crippen molar-refractivity contribution in [2.75, 3.05) is 6.61 Å². The predicted octanol–water partition coefficient (Wildman–Crippen LogP) is 5.54. The summed E-state index contributed by atoms with van der Waals surface area (Å²) in [6.07, 6.45) is 2.14. The standard InChI is InChI=1S/C21H24N2O3/c1-4-5-14-26-20-12-10-19(11-13-20)23-22-18-8-6-17(7-9-18)21(15(2)24)16(3)25/h6-13,21H,4-5,14H2,1-3H3. The van der Waals surface area contributed by atoms with Crippen molar-refractivity contribution in [3.8, 4) is 5.75 Å². The van der Waals surface area contributed by atoms with Crippen LogP contribution < -0.4 is 4.74 Å². The number of azo groups is 1. The minimum Gasteiger partial charge on any atom is -0.494 e. The van der Waals surface area contributed by atoms with Gasteiger partial charge in [0.2, 0.25) is 0 Å². The average Bonchev–Trinajstić information content (AvgIpc) is 2.62. The lowest BCUT2D eigenvalue weighted by atomic mass is 9.92. The molecular formula is C21H24N2O3. The molecule has 26 heavy (non-hydrogen) atoms. The van der Waals surface area contributed by atoms with Crippen molar-refractivity contribution in [2.45, 2.75) is 39.5 Å². The molecule has 0 spiro atoms. The van der Waals surface area contributed by atoms with Crippen molar-refractivity contribution in [3.63, 3.8) is 0 Å². The summed E-state index contributed by atoms with van der Waals surface area (Å²) in [5.41, 5.74) is 2.06. The van der Waals surface area contributed by atoms with Gasteiger partial charge < -0.3 is 4.74 Å². The monoisotopic (exact) mass is 352 g/mol. The number of benzene rings is 2. The average molecular weight is 352 g/mol. The van der Waals surface area contributed by atoms with E-state index >= 15 is 0 Å². The van der Waals surface area contributed by atoms with Crippen LogP contribution in [0.4, 0.5) is 11.4 Å². The fourth-order valence-electron chi connectivity index (χ4n) is 2.55. The van der Waals surface area contributed by atoms with Crippen molar-refractivity contribution < 1.29 is 14.3 Å². The zero-order chi connectivity index (χ0) is 18.9. The number of ketones is 2. The summed E-state index contributed by atoms with van der Waals surface area (Å²) >= 11 is 0. The van der Waals surface area contributed by atoms with Crippen molar-refractivity contribution in [3.05, 3.63) is 54.1 Å². The van der Waals surface area contributed by atoms with Gasteiger partial charge in [-0.25, -0.2) is 0 Å². The first-order valence-corrected chi connectivity index (χ1v) is 8.76. The molecule has 5 nitrogen and oxygen atoms in total. The molecule has 2 aromatic rings. The maximum absolute atomic E-state index is 11.6. The van der Waals surface area contributed by atoms with Gasteiger partial charge in [0.05, 0.1) is 18.0 Å². The SMILES string of the molecule is CCCCOc1ccc(N=Nc2ccc(C(C(C)=O)C(C)=O)cc2)cc1. The Hall–Kier alpha value is -2.82. The minimum atomic E-state index is -0.707. The largest absolute Gasteiger partial charge is 0.494 e. The predicted molar refractivity (Wildman–Crippen MR) is 102 cm³/mol. The third kappa shape index (κ3) is 5.62. The molecule has 0 aliphatic heterocycles. The molecule has 0 heterocycles. The van der Waals surface area contributed by atoms with Gasteiger partial charge in [-0.15, -0.1) is 0 Å². The Morgan fingerprint density at radius 1 is 0.885 bits per heavy atom. The van der Waals surface area contributed by atoms with Crippen LogP contribution in [0.3, 0.4) is 0 Å². The quantitative estimate of drug-likeness (QED) is 0.338. The van der Waals surface area contributed by atoms with Gasteiger partial charge in [-0.3, -0.25) is 9.59 Å². The van der Waals surface area contributed by atoms with Gasteiger partial charge in [0.15, 0.2) is 0 Å². The zero-order valence-corrected chi connectivity index (χ0v) is 15.4. The molecule has 0 atom stereocenters. The zero-order valence-electron chi connectivity index (χ0n) is 15.4. The second-order valence-corrected chi connectivity index (χ2v) is 6.14.